The second-order valence-corrected chi connectivity index (χ2v) is 3.61. The summed E-state index contributed by atoms with van der Waals surface area (Å²) in [7, 11) is 4.94. The Morgan fingerprint density at radius 3 is 2.83 bits per heavy atom. The van der Waals surface area contributed by atoms with Crippen molar-refractivity contribution in [3.05, 3.63) is 24.4 Å². The van der Waals surface area contributed by atoms with E-state index in [-0.39, 0.29) is 5.82 Å². The monoisotopic (exact) mass is 248 g/mol. The van der Waals surface area contributed by atoms with E-state index < -0.39 is 5.97 Å². The van der Waals surface area contributed by atoms with Gasteiger partial charge in [0.25, 0.3) is 5.82 Å². The van der Waals surface area contributed by atoms with Gasteiger partial charge in [-0.1, -0.05) is 0 Å². The van der Waals surface area contributed by atoms with Gasteiger partial charge in [0, 0.05) is 26.4 Å². The van der Waals surface area contributed by atoms with E-state index in [0.29, 0.717) is 11.8 Å². The van der Waals surface area contributed by atoms with Gasteiger partial charge in [-0.25, -0.2) is 19.4 Å². The van der Waals surface area contributed by atoms with Crippen molar-refractivity contribution in [2.45, 2.75) is 0 Å². The lowest BCUT2D eigenvalue weighted by atomic mass is 10.6. The molecule has 18 heavy (non-hydrogen) atoms. The van der Waals surface area contributed by atoms with Crippen molar-refractivity contribution in [3.8, 4) is 5.82 Å². The highest BCUT2D eigenvalue weighted by Gasteiger charge is 2.12. The first-order valence-electron chi connectivity index (χ1n) is 5.12. The van der Waals surface area contributed by atoms with Crippen molar-refractivity contribution < 1.29 is 9.53 Å². The normalized spacial score (nSPS) is 10.2. The number of rotatable bonds is 3. The van der Waals surface area contributed by atoms with E-state index in [0.717, 1.165) is 0 Å². The van der Waals surface area contributed by atoms with Gasteiger partial charge in [-0.3, -0.25) is 0 Å². The van der Waals surface area contributed by atoms with Gasteiger partial charge < -0.3 is 9.64 Å². The van der Waals surface area contributed by atoms with Crippen LogP contribution in [0.2, 0.25) is 0 Å². The Labute approximate surface area is 103 Å². The van der Waals surface area contributed by atoms with Gasteiger partial charge in [0.05, 0.1) is 7.11 Å². The molecule has 2 aromatic heterocycles. The first-order chi connectivity index (χ1) is 8.61. The Kier molecular flexibility index (Phi) is 3.18. The average molecular weight is 248 g/mol. The molecule has 0 amide bonds. The molecular weight excluding hydrogens is 236 g/mol. The van der Waals surface area contributed by atoms with Crippen LogP contribution in [-0.4, -0.2) is 51.9 Å². The van der Waals surface area contributed by atoms with Crippen LogP contribution in [0.1, 0.15) is 10.6 Å². The minimum atomic E-state index is -0.587. The largest absolute Gasteiger partial charge is 0.463 e. The number of aromatic nitrogens is 5. The van der Waals surface area contributed by atoms with Crippen LogP contribution >= 0.6 is 0 Å². The number of hydrogen-bond acceptors (Lipinski definition) is 7. The maximum Gasteiger partial charge on any atom is 0.377 e. The van der Waals surface area contributed by atoms with Gasteiger partial charge >= 0.3 is 5.97 Å². The van der Waals surface area contributed by atoms with Crippen molar-refractivity contribution in [2.24, 2.45) is 0 Å². The quantitative estimate of drug-likeness (QED) is 0.701. The lowest BCUT2D eigenvalue weighted by Gasteiger charge is -2.10. The summed E-state index contributed by atoms with van der Waals surface area (Å²) < 4.78 is 5.92. The lowest BCUT2D eigenvalue weighted by Crippen LogP contribution is -2.14. The zero-order chi connectivity index (χ0) is 13.1. The summed E-state index contributed by atoms with van der Waals surface area (Å²) in [6.07, 6.45) is 3.01. The van der Waals surface area contributed by atoms with Crippen LogP contribution in [0.3, 0.4) is 0 Å². The van der Waals surface area contributed by atoms with E-state index in [4.69, 9.17) is 0 Å². The fraction of sp³-hybridized carbons (Fsp3) is 0.300. The van der Waals surface area contributed by atoms with Gasteiger partial charge in [-0.2, -0.15) is 4.98 Å². The highest BCUT2D eigenvalue weighted by molar-refractivity contribution is 5.84. The molecule has 94 valence electrons. The van der Waals surface area contributed by atoms with Crippen LogP contribution in [0, 0.1) is 0 Å². The fourth-order valence-electron chi connectivity index (χ4n) is 1.24. The molecule has 2 heterocycles. The Balaban J connectivity index is 2.34. The molecule has 0 bridgehead atoms. The summed E-state index contributed by atoms with van der Waals surface area (Å²) in [5.41, 5.74) is 0. The number of esters is 1. The van der Waals surface area contributed by atoms with Crippen molar-refractivity contribution >= 4 is 11.9 Å². The van der Waals surface area contributed by atoms with E-state index in [2.05, 4.69) is 24.8 Å². The highest BCUT2D eigenvalue weighted by atomic mass is 16.5. The highest BCUT2D eigenvalue weighted by Crippen LogP contribution is 2.07. The van der Waals surface area contributed by atoms with E-state index in [1.807, 2.05) is 14.1 Å². The van der Waals surface area contributed by atoms with Crippen LogP contribution in [-0.2, 0) is 4.74 Å². The molecule has 8 heteroatoms. The van der Waals surface area contributed by atoms with Gasteiger partial charge in [-0.15, -0.1) is 5.10 Å². The maximum absolute atomic E-state index is 11.2. The number of carbonyl (C=O) groups is 1. The molecule has 0 saturated heterocycles. The lowest BCUT2D eigenvalue weighted by molar-refractivity contribution is 0.0587. The molecule has 2 rings (SSSR count). The van der Waals surface area contributed by atoms with E-state index in [1.165, 1.54) is 18.1 Å². The summed E-state index contributed by atoms with van der Waals surface area (Å²) in [4.78, 5) is 25.2. The van der Waals surface area contributed by atoms with Crippen LogP contribution in [0.5, 0.6) is 0 Å². The topological polar surface area (TPSA) is 86.0 Å². The first kappa shape index (κ1) is 12.0. The molecule has 0 aliphatic rings. The summed E-state index contributed by atoms with van der Waals surface area (Å²) in [5, 5.41) is 3.97. The standard InChI is InChI=1S/C10H12N6O2/c1-15(2)10-11-5-4-7(13-10)16-6-12-8(14-16)9(17)18-3/h4-6H,1-3H3. The summed E-state index contributed by atoms with van der Waals surface area (Å²) >= 11 is 0. The molecule has 8 nitrogen and oxygen atoms in total. The van der Waals surface area contributed by atoms with Crippen molar-refractivity contribution in [3.63, 3.8) is 0 Å². The summed E-state index contributed by atoms with van der Waals surface area (Å²) in [6, 6.07) is 1.67. The second kappa shape index (κ2) is 4.78. The van der Waals surface area contributed by atoms with E-state index in [1.54, 1.807) is 17.2 Å². The van der Waals surface area contributed by atoms with E-state index >= 15 is 0 Å². The predicted octanol–water partition coefficient (Wildman–Crippen LogP) is -0.0901. The minimum Gasteiger partial charge on any atom is -0.463 e. The Bertz CT molecular complexity index is 565. The Morgan fingerprint density at radius 2 is 2.17 bits per heavy atom. The smallest absolute Gasteiger partial charge is 0.377 e. The van der Waals surface area contributed by atoms with Crippen molar-refractivity contribution in [2.75, 3.05) is 26.1 Å². The predicted molar refractivity (Wildman–Crippen MR) is 62.6 cm³/mol. The number of nitrogens with zero attached hydrogens (tertiary/aromatic N) is 6. The minimum absolute atomic E-state index is 0.0116. The second-order valence-electron chi connectivity index (χ2n) is 3.61. The average Bonchev–Trinajstić information content (AvgIpc) is 2.87. The molecule has 0 atom stereocenters. The van der Waals surface area contributed by atoms with Crippen LogP contribution in [0.15, 0.2) is 18.6 Å². The van der Waals surface area contributed by atoms with Crippen LogP contribution in [0.25, 0.3) is 5.82 Å². The molecule has 0 N–H and O–H groups in total. The van der Waals surface area contributed by atoms with Crippen molar-refractivity contribution in [1.29, 1.82) is 0 Å². The Hall–Kier alpha value is -2.51. The van der Waals surface area contributed by atoms with Crippen molar-refractivity contribution in [1.82, 2.24) is 24.7 Å². The molecule has 0 unspecified atom stereocenters. The molecule has 0 aliphatic carbocycles. The van der Waals surface area contributed by atoms with Gasteiger partial charge in [0.2, 0.25) is 5.95 Å². The molecule has 0 saturated carbocycles. The van der Waals surface area contributed by atoms with Gasteiger partial charge in [-0.05, 0) is 0 Å². The number of anilines is 1. The van der Waals surface area contributed by atoms with Crippen LogP contribution in [0.4, 0.5) is 5.95 Å². The molecular formula is C10H12N6O2. The third-order valence-corrected chi connectivity index (χ3v) is 2.12. The first-order valence-corrected chi connectivity index (χ1v) is 5.12. The SMILES string of the molecule is COC(=O)c1ncn(-c2ccnc(N(C)C)n2)n1. The number of methoxy groups -OCH3 is 1. The van der Waals surface area contributed by atoms with Gasteiger partial charge in [0.15, 0.2) is 5.82 Å². The fourth-order valence-corrected chi connectivity index (χ4v) is 1.24. The molecule has 2 aromatic rings. The van der Waals surface area contributed by atoms with Crippen LogP contribution < -0.4 is 4.90 Å². The number of ether oxygens (including phenoxy) is 1. The molecule has 0 fully saturated rings. The van der Waals surface area contributed by atoms with Gasteiger partial charge in [0.1, 0.15) is 6.33 Å². The molecule has 0 aliphatic heterocycles. The number of hydrogen-bond donors (Lipinski definition) is 0. The molecule has 0 spiro atoms. The zero-order valence-corrected chi connectivity index (χ0v) is 10.2. The summed E-state index contributed by atoms with van der Waals surface area (Å²) in [5.74, 6) is 0.470. The third kappa shape index (κ3) is 2.26. The Morgan fingerprint density at radius 1 is 1.39 bits per heavy atom. The maximum atomic E-state index is 11.2. The summed E-state index contributed by atoms with van der Waals surface area (Å²) in [6.45, 7) is 0. The zero-order valence-electron chi connectivity index (χ0n) is 10.2. The number of carbonyl (C=O) groups excluding carboxylic acids is 1. The molecule has 0 aromatic carbocycles. The molecule has 0 radical (unpaired) electrons. The van der Waals surface area contributed by atoms with E-state index in [9.17, 15) is 4.79 Å². The third-order valence-electron chi connectivity index (χ3n) is 2.12.